The summed E-state index contributed by atoms with van der Waals surface area (Å²) in [7, 11) is 1.95. The van der Waals surface area contributed by atoms with Gasteiger partial charge in [0.2, 0.25) is 0 Å². The van der Waals surface area contributed by atoms with Crippen molar-refractivity contribution in [3.05, 3.63) is 17.7 Å². The van der Waals surface area contributed by atoms with E-state index < -0.39 is 0 Å². The summed E-state index contributed by atoms with van der Waals surface area (Å²) in [5.74, 6) is 2.59. The average Bonchev–Trinajstić information content (AvgIpc) is 3.16. The summed E-state index contributed by atoms with van der Waals surface area (Å²) >= 11 is 0. The zero-order chi connectivity index (χ0) is 14.3. The molecule has 1 aliphatic carbocycles. The van der Waals surface area contributed by atoms with Crippen LogP contribution in [-0.2, 0) is 13.6 Å². The van der Waals surface area contributed by atoms with Gasteiger partial charge in [-0.2, -0.15) is 5.10 Å². The van der Waals surface area contributed by atoms with E-state index in [0.29, 0.717) is 5.92 Å². The molecule has 0 aliphatic heterocycles. The van der Waals surface area contributed by atoms with Crippen LogP contribution in [0.2, 0.25) is 0 Å². The van der Waals surface area contributed by atoms with Crippen molar-refractivity contribution in [2.45, 2.75) is 52.0 Å². The smallest absolute Gasteiger partial charge is 0.131 e. The summed E-state index contributed by atoms with van der Waals surface area (Å²) in [5, 5.41) is 4.31. The normalized spacial score (nSPS) is 14.9. The van der Waals surface area contributed by atoms with Crippen LogP contribution in [-0.4, -0.2) is 19.3 Å². The third-order valence-electron chi connectivity index (χ3n) is 4.20. The standard InChI is InChI=1S/C15H23N5/c1-4-5-8-20-14(16)13(18-15(20)11-6-7-11)12-9-17-19(3)10(12)2/h9,11H,4-8,16H2,1-3H3. The van der Waals surface area contributed by atoms with Crippen molar-refractivity contribution in [1.29, 1.82) is 0 Å². The summed E-state index contributed by atoms with van der Waals surface area (Å²) in [6.07, 6.45) is 6.67. The van der Waals surface area contributed by atoms with Crippen LogP contribution in [0.1, 0.15) is 50.0 Å². The molecule has 0 atom stereocenters. The highest BCUT2D eigenvalue weighted by Crippen LogP contribution is 2.42. The SMILES string of the molecule is CCCCn1c(C2CC2)nc(-c2cnn(C)c2C)c1N. The Labute approximate surface area is 119 Å². The van der Waals surface area contributed by atoms with Crippen LogP contribution >= 0.6 is 0 Å². The molecule has 2 heterocycles. The number of hydrogen-bond acceptors (Lipinski definition) is 3. The molecule has 0 unspecified atom stereocenters. The highest BCUT2D eigenvalue weighted by atomic mass is 15.3. The summed E-state index contributed by atoms with van der Waals surface area (Å²) in [5.41, 5.74) is 9.46. The van der Waals surface area contributed by atoms with Gasteiger partial charge in [-0.25, -0.2) is 4.98 Å². The number of nitrogens with two attached hydrogens (primary N) is 1. The Hall–Kier alpha value is -1.78. The molecule has 108 valence electrons. The van der Waals surface area contributed by atoms with Gasteiger partial charge >= 0.3 is 0 Å². The average molecular weight is 273 g/mol. The molecule has 0 radical (unpaired) electrons. The number of nitrogens with zero attached hydrogens (tertiary/aromatic N) is 4. The third kappa shape index (κ3) is 2.11. The van der Waals surface area contributed by atoms with E-state index in [-0.39, 0.29) is 0 Å². The number of hydrogen-bond donors (Lipinski definition) is 1. The van der Waals surface area contributed by atoms with E-state index in [2.05, 4.69) is 23.5 Å². The zero-order valence-electron chi connectivity index (χ0n) is 12.6. The van der Waals surface area contributed by atoms with Gasteiger partial charge in [-0.05, 0) is 26.2 Å². The number of imidazole rings is 1. The number of anilines is 1. The molecule has 0 saturated heterocycles. The number of aromatic nitrogens is 4. The number of aryl methyl sites for hydroxylation is 1. The van der Waals surface area contributed by atoms with Crippen molar-refractivity contribution in [2.75, 3.05) is 5.73 Å². The molecule has 1 saturated carbocycles. The minimum atomic E-state index is 0.611. The zero-order valence-corrected chi connectivity index (χ0v) is 12.6. The Balaban J connectivity index is 2.05. The molecule has 5 heteroatoms. The Morgan fingerprint density at radius 2 is 2.15 bits per heavy atom. The van der Waals surface area contributed by atoms with Crippen molar-refractivity contribution in [3.8, 4) is 11.3 Å². The Bertz CT molecular complexity index is 618. The van der Waals surface area contributed by atoms with Crippen LogP contribution in [0.4, 0.5) is 5.82 Å². The summed E-state index contributed by atoms with van der Waals surface area (Å²) in [6.45, 7) is 5.24. The van der Waals surface area contributed by atoms with Crippen LogP contribution < -0.4 is 5.73 Å². The highest BCUT2D eigenvalue weighted by Gasteiger charge is 2.31. The van der Waals surface area contributed by atoms with E-state index in [1.807, 2.05) is 17.9 Å². The molecular formula is C15H23N5. The third-order valence-corrected chi connectivity index (χ3v) is 4.20. The summed E-state index contributed by atoms with van der Waals surface area (Å²) in [6, 6.07) is 0. The lowest BCUT2D eigenvalue weighted by molar-refractivity contribution is 0.609. The fourth-order valence-electron chi connectivity index (χ4n) is 2.62. The van der Waals surface area contributed by atoms with Gasteiger partial charge in [0.1, 0.15) is 17.3 Å². The summed E-state index contributed by atoms with van der Waals surface area (Å²) in [4.78, 5) is 4.85. The van der Waals surface area contributed by atoms with Crippen LogP contribution in [0, 0.1) is 6.92 Å². The van der Waals surface area contributed by atoms with Crippen LogP contribution in [0.3, 0.4) is 0 Å². The first-order valence-electron chi connectivity index (χ1n) is 7.48. The van der Waals surface area contributed by atoms with Crippen molar-refractivity contribution in [3.63, 3.8) is 0 Å². The van der Waals surface area contributed by atoms with Crippen LogP contribution in [0.25, 0.3) is 11.3 Å². The van der Waals surface area contributed by atoms with E-state index in [0.717, 1.165) is 35.7 Å². The van der Waals surface area contributed by atoms with Crippen molar-refractivity contribution in [1.82, 2.24) is 19.3 Å². The van der Waals surface area contributed by atoms with E-state index >= 15 is 0 Å². The molecule has 5 nitrogen and oxygen atoms in total. The molecule has 2 aromatic heterocycles. The first-order chi connectivity index (χ1) is 9.63. The lowest BCUT2D eigenvalue weighted by atomic mass is 10.2. The summed E-state index contributed by atoms with van der Waals surface area (Å²) < 4.78 is 4.10. The predicted molar refractivity (Wildman–Crippen MR) is 80.5 cm³/mol. The maximum Gasteiger partial charge on any atom is 0.131 e. The van der Waals surface area contributed by atoms with E-state index in [9.17, 15) is 0 Å². The lowest BCUT2D eigenvalue weighted by Crippen LogP contribution is -2.06. The molecule has 3 rings (SSSR count). The maximum atomic E-state index is 6.38. The minimum Gasteiger partial charge on any atom is -0.383 e. The van der Waals surface area contributed by atoms with Crippen molar-refractivity contribution in [2.24, 2.45) is 7.05 Å². The van der Waals surface area contributed by atoms with E-state index in [1.165, 1.54) is 25.1 Å². The van der Waals surface area contributed by atoms with Gasteiger partial charge in [0.05, 0.1) is 6.20 Å². The second-order valence-corrected chi connectivity index (χ2v) is 5.75. The Morgan fingerprint density at radius 1 is 1.40 bits per heavy atom. The van der Waals surface area contributed by atoms with Gasteiger partial charge in [-0.1, -0.05) is 13.3 Å². The molecule has 0 spiro atoms. The fourth-order valence-corrected chi connectivity index (χ4v) is 2.62. The van der Waals surface area contributed by atoms with E-state index in [4.69, 9.17) is 10.7 Å². The topological polar surface area (TPSA) is 61.7 Å². The van der Waals surface area contributed by atoms with Crippen molar-refractivity contribution >= 4 is 5.82 Å². The molecule has 0 aromatic carbocycles. The molecule has 1 fully saturated rings. The van der Waals surface area contributed by atoms with E-state index in [1.54, 1.807) is 0 Å². The number of unbranched alkanes of at least 4 members (excludes halogenated alkanes) is 1. The quantitative estimate of drug-likeness (QED) is 0.911. The van der Waals surface area contributed by atoms with Crippen LogP contribution in [0.5, 0.6) is 0 Å². The molecular weight excluding hydrogens is 250 g/mol. The largest absolute Gasteiger partial charge is 0.383 e. The van der Waals surface area contributed by atoms with Gasteiger partial charge < -0.3 is 10.3 Å². The molecule has 2 aromatic rings. The first kappa shape index (κ1) is 13.2. The monoisotopic (exact) mass is 273 g/mol. The van der Waals surface area contributed by atoms with Gasteiger partial charge in [-0.3, -0.25) is 4.68 Å². The fraction of sp³-hybridized carbons (Fsp3) is 0.600. The molecule has 0 amide bonds. The van der Waals surface area contributed by atoms with Gasteiger partial charge in [0.15, 0.2) is 0 Å². The Kier molecular flexibility index (Phi) is 3.28. The second kappa shape index (κ2) is 4.96. The minimum absolute atomic E-state index is 0.611. The maximum absolute atomic E-state index is 6.38. The first-order valence-corrected chi connectivity index (χ1v) is 7.48. The molecule has 20 heavy (non-hydrogen) atoms. The van der Waals surface area contributed by atoms with Gasteiger partial charge in [0.25, 0.3) is 0 Å². The van der Waals surface area contributed by atoms with Crippen molar-refractivity contribution < 1.29 is 0 Å². The Morgan fingerprint density at radius 3 is 2.70 bits per heavy atom. The van der Waals surface area contributed by atoms with Gasteiger partial charge in [0, 0.05) is 30.8 Å². The van der Waals surface area contributed by atoms with Gasteiger partial charge in [-0.15, -0.1) is 0 Å². The number of nitrogen functional groups attached to an aromatic ring is 1. The lowest BCUT2D eigenvalue weighted by Gasteiger charge is -2.08. The molecule has 2 N–H and O–H groups in total. The van der Waals surface area contributed by atoms with Crippen LogP contribution in [0.15, 0.2) is 6.20 Å². The second-order valence-electron chi connectivity index (χ2n) is 5.75. The highest BCUT2D eigenvalue weighted by molar-refractivity contribution is 5.72. The number of rotatable bonds is 5. The molecule has 0 bridgehead atoms. The molecule has 1 aliphatic rings. The predicted octanol–water partition coefficient (Wildman–Crippen LogP) is 2.85.